The molecular weight excluding hydrogens is 302 g/mol. The molecule has 2 aromatic rings. The van der Waals surface area contributed by atoms with Crippen LogP contribution in [0.4, 0.5) is 0 Å². The van der Waals surface area contributed by atoms with Gasteiger partial charge in [0.05, 0.1) is 11.4 Å². The highest BCUT2D eigenvalue weighted by Crippen LogP contribution is 2.31. The molecule has 0 fully saturated rings. The van der Waals surface area contributed by atoms with Crippen LogP contribution in [0.25, 0.3) is 16.3 Å². The van der Waals surface area contributed by atoms with E-state index in [4.69, 9.17) is 4.98 Å². The summed E-state index contributed by atoms with van der Waals surface area (Å²) in [5.41, 5.74) is 5.72. The van der Waals surface area contributed by atoms with Crippen molar-refractivity contribution in [3.05, 3.63) is 65.4 Å². The molecule has 0 unspecified atom stereocenters. The minimum absolute atomic E-state index is 0.953. The Kier molecular flexibility index (Phi) is 6.29. The van der Waals surface area contributed by atoms with E-state index < -0.39 is 0 Å². The van der Waals surface area contributed by atoms with Crippen molar-refractivity contribution in [1.82, 2.24) is 15.2 Å². The third-order valence-electron chi connectivity index (χ3n) is 3.57. The lowest BCUT2D eigenvalue weighted by Crippen LogP contribution is -1.93. The van der Waals surface area contributed by atoms with Gasteiger partial charge in [0.25, 0.3) is 0 Å². The van der Waals surface area contributed by atoms with Gasteiger partial charge < -0.3 is 0 Å². The molecule has 120 valence electrons. The Hall–Kier alpha value is -2.20. The van der Waals surface area contributed by atoms with Gasteiger partial charge in [-0.05, 0) is 31.9 Å². The molecule has 0 saturated carbocycles. The fourth-order valence-corrected chi connectivity index (χ4v) is 3.27. The average molecular weight is 325 g/mol. The van der Waals surface area contributed by atoms with Crippen LogP contribution in [-0.4, -0.2) is 15.2 Å². The van der Waals surface area contributed by atoms with Crippen molar-refractivity contribution in [1.29, 1.82) is 0 Å². The summed E-state index contributed by atoms with van der Waals surface area (Å²) in [5.74, 6) is 0. The van der Waals surface area contributed by atoms with Crippen LogP contribution in [0.1, 0.15) is 39.3 Å². The standard InChI is InChI=1S/C19H23N3S/c1-5-8-10-16(14(4)9-6-2)15(7-3)18-13-23-19(21-18)17-11-12-20-22-17/h5,7-8,10-13H,1,6,9H2,2-4H3,(H,20,22)/b10-8-,15-7+,16-14-. The number of H-pyrrole nitrogens is 1. The number of allylic oxidation sites excluding steroid dienone is 7. The topological polar surface area (TPSA) is 41.6 Å². The van der Waals surface area contributed by atoms with E-state index >= 15 is 0 Å². The zero-order chi connectivity index (χ0) is 16.7. The van der Waals surface area contributed by atoms with Crippen molar-refractivity contribution in [3.8, 4) is 10.7 Å². The van der Waals surface area contributed by atoms with Gasteiger partial charge in [-0.3, -0.25) is 5.10 Å². The highest BCUT2D eigenvalue weighted by Gasteiger charge is 2.13. The van der Waals surface area contributed by atoms with Gasteiger partial charge in [-0.15, -0.1) is 11.3 Å². The first-order valence-electron chi connectivity index (χ1n) is 7.82. The van der Waals surface area contributed by atoms with Crippen molar-refractivity contribution in [2.45, 2.75) is 33.6 Å². The normalized spacial score (nSPS) is 13.4. The van der Waals surface area contributed by atoms with Gasteiger partial charge in [-0.2, -0.15) is 5.10 Å². The van der Waals surface area contributed by atoms with Gasteiger partial charge in [0, 0.05) is 17.2 Å². The predicted molar refractivity (Wildman–Crippen MR) is 100 cm³/mol. The van der Waals surface area contributed by atoms with E-state index in [1.54, 1.807) is 17.5 Å². The van der Waals surface area contributed by atoms with Crippen LogP contribution >= 0.6 is 11.3 Å². The number of aromatic amines is 1. The predicted octanol–water partition coefficient (Wildman–Crippen LogP) is 5.80. The molecule has 0 radical (unpaired) electrons. The summed E-state index contributed by atoms with van der Waals surface area (Å²) >= 11 is 1.63. The second kappa shape index (κ2) is 8.44. The highest BCUT2D eigenvalue weighted by atomic mass is 32.1. The van der Waals surface area contributed by atoms with Crippen molar-refractivity contribution < 1.29 is 0 Å². The molecule has 2 aromatic heterocycles. The molecule has 0 aromatic carbocycles. The SMILES string of the molecule is C=C\C=C/C(=C(\C)CCC)C(=C\C)/c1csc(-c2ccn[nH]2)n1. The maximum absolute atomic E-state index is 4.78. The molecule has 2 heterocycles. The number of nitrogens with one attached hydrogen (secondary N) is 1. The lowest BCUT2D eigenvalue weighted by atomic mass is 9.95. The second-order valence-electron chi connectivity index (χ2n) is 5.25. The van der Waals surface area contributed by atoms with Crippen molar-refractivity contribution in [2.24, 2.45) is 0 Å². The van der Waals surface area contributed by atoms with E-state index in [-0.39, 0.29) is 0 Å². The Bertz CT molecular complexity index is 731. The summed E-state index contributed by atoms with van der Waals surface area (Å²) in [5, 5.41) is 10.0. The summed E-state index contributed by atoms with van der Waals surface area (Å²) in [7, 11) is 0. The number of hydrogen-bond donors (Lipinski definition) is 1. The molecule has 0 aliphatic heterocycles. The lowest BCUT2D eigenvalue weighted by Gasteiger charge is -2.11. The van der Waals surface area contributed by atoms with E-state index in [9.17, 15) is 0 Å². The summed E-state index contributed by atoms with van der Waals surface area (Å²) in [6, 6.07) is 1.94. The van der Waals surface area contributed by atoms with Crippen molar-refractivity contribution in [3.63, 3.8) is 0 Å². The second-order valence-corrected chi connectivity index (χ2v) is 6.11. The van der Waals surface area contributed by atoms with Gasteiger partial charge in [0.2, 0.25) is 0 Å². The van der Waals surface area contributed by atoms with Crippen LogP contribution in [-0.2, 0) is 0 Å². The summed E-state index contributed by atoms with van der Waals surface area (Å²) < 4.78 is 0. The Balaban J connectivity index is 2.42. The average Bonchev–Trinajstić information content (AvgIpc) is 3.22. The number of hydrogen-bond acceptors (Lipinski definition) is 3. The Labute approximate surface area is 142 Å². The molecule has 3 nitrogen and oxygen atoms in total. The smallest absolute Gasteiger partial charge is 0.141 e. The van der Waals surface area contributed by atoms with Crippen LogP contribution < -0.4 is 0 Å². The molecule has 2 rings (SSSR count). The largest absolute Gasteiger partial charge is 0.275 e. The summed E-state index contributed by atoms with van der Waals surface area (Å²) in [4.78, 5) is 4.78. The van der Waals surface area contributed by atoms with Crippen molar-refractivity contribution >= 4 is 16.9 Å². The fourth-order valence-electron chi connectivity index (χ4n) is 2.47. The van der Waals surface area contributed by atoms with E-state index in [0.29, 0.717) is 0 Å². The molecule has 0 aliphatic rings. The lowest BCUT2D eigenvalue weighted by molar-refractivity contribution is 0.900. The summed E-state index contributed by atoms with van der Waals surface area (Å²) in [6.45, 7) is 10.2. The van der Waals surface area contributed by atoms with Crippen LogP contribution in [0.5, 0.6) is 0 Å². The maximum atomic E-state index is 4.78. The highest BCUT2D eigenvalue weighted by molar-refractivity contribution is 7.13. The van der Waals surface area contributed by atoms with E-state index in [0.717, 1.165) is 34.8 Å². The first-order valence-corrected chi connectivity index (χ1v) is 8.70. The first-order chi connectivity index (χ1) is 11.2. The molecule has 0 aliphatic carbocycles. The van der Waals surface area contributed by atoms with E-state index in [2.05, 4.69) is 55.1 Å². The third kappa shape index (κ3) is 4.17. The van der Waals surface area contributed by atoms with Gasteiger partial charge in [-0.1, -0.05) is 49.8 Å². The molecule has 0 atom stereocenters. The Morgan fingerprint density at radius 1 is 1.43 bits per heavy atom. The van der Waals surface area contributed by atoms with E-state index in [1.807, 2.05) is 18.2 Å². The molecule has 0 saturated heterocycles. The molecule has 0 spiro atoms. The third-order valence-corrected chi connectivity index (χ3v) is 4.45. The number of thiazole rings is 1. The molecule has 0 bridgehead atoms. The minimum Gasteiger partial charge on any atom is -0.275 e. The zero-order valence-corrected chi connectivity index (χ0v) is 14.8. The van der Waals surface area contributed by atoms with Crippen LogP contribution in [0.2, 0.25) is 0 Å². The molecule has 23 heavy (non-hydrogen) atoms. The van der Waals surface area contributed by atoms with Crippen LogP contribution in [0, 0.1) is 0 Å². The number of aromatic nitrogens is 3. The molecular formula is C19H23N3S. The summed E-state index contributed by atoms with van der Waals surface area (Å²) in [6.07, 6.45) is 12.0. The van der Waals surface area contributed by atoms with E-state index in [1.165, 1.54) is 11.1 Å². The van der Waals surface area contributed by atoms with Gasteiger partial charge in [0.1, 0.15) is 5.01 Å². The van der Waals surface area contributed by atoms with Crippen LogP contribution in [0.3, 0.4) is 0 Å². The number of nitrogens with zero attached hydrogens (tertiary/aromatic N) is 2. The Morgan fingerprint density at radius 3 is 2.87 bits per heavy atom. The first kappa shape index (κ1) is 17.2. The fraction of sp³-hybridized carbons (Fsp3) is 0.263. The zero-order valence-electron chi connectivity index (χ0n) is 14.0. The maximum Gasteiger partial charge on any atom is 0.141 e. The van der Waals surface area contributed by atoms with Gasteiger partial charge in [-0.25, -0.2) is 4.98 Å². The van der Waals surface area contributed by atoms with Crippen LogP contribution in [0.15, 0.2) is 59.7 Å². The Morgan fingerprint density at radius 2 is 2.26 bits per heavy atom. The molecule has 1 N–H and O–H groups in total. The quantitative estimate of drug-likeness (QED) is 0.654. The number of rotatable bonds is 7. The monoisotopic (exact) mass is 325 g/mol. The minimum atomic E-state index is 0.953. The molecule has 4 heteroatoms. The molecule has 0 amide bonds. The van der Waals surface area contributed by atoms with Gasteiger partial charge in [0.15, 0.2) is 0 Å². The van der Waals surface area contributed by atoms with Gasteiger partial charge >= 0.3 is 0 Å². The van der Waals surface area contributed by atoms with Crippen molar-refractivity contribution in [2.75, 3.05) is 0 Å².